The molecule has 0 saturated carbocycles. The fourth-order valence-electron chi connectivity index (χ4n) is 4.89. The topological polar surface area (TPSA) is 79.8 Å². The van der Waals surface area contributed by atoms with E-state index in [1.165, 1.54) is 44.8 Å². The van der Waals surface area contributed by atoms with Crippen LogP contribution in [0.25, 0.3) is 11.9 Å². The Labute approximate surface area is 255 Å². The summed E-state index contributed by atoms with van der Waals surface area (Å²) in [4.78, 5) is 25.9. The van der Waals surface area contributed by atoms with Crippen LogP contribution in [0, 0.1) is 6.92 Å². The summed E-state index contributed by atoms with van der Waals surface area (Å²) in [6, 6.07) is 5.51. The number of ether oxygens (including phenoxy) is 2. The molecule has 0 bridgehead atoms. The van der Waals surface area contributed by atoms with Gasteiger partial charge in [0.2, 0.25) is 5.95 Å². The lowest BCUT2D eigenvalue weighted by atomic mass is 10.00. The van der Waals surface area contributed by atoms with Crippen LogP contribution in [-0.2, 0) is 11.2 Å². The van der Waals surface area contributed by atoms with Crippen molar-refractivity contribution in [2.24, 2.45) is 0 Å². The standard InChI is InChI=1S/C31H34Cl2FN5O3/c1-6-22(40)15-21-8-9-24(39-12-10-38(7-2)11-13-39)19(3)30(21)37-31-35-17-20(18-36-31)14-23(34)27-28(32)25(41-4)16-26(42-5)29(27)33/h6,8-9,14,16-18H,1,7,10-13,15H2,2-5H3,(H,35,36,37)/b23-14-. The molecule has 2 aromatic carbocycles. The molecule has 0 aliphatic carbocycles. The maximum absolute atomic E-state index is 15.4. The SMILES string of the molecule is C=CC(=O)Cc1ccc(N2CCN(CC)CC2)c(C)c1Nc1ncc(/C=C(\F)c2c(Cl)c(OC)cc(OC)c2Cl)cn1. The second-order valence-corrected chi connectivity index (χ2v) is 10.5. The third-order valence-electron chi connectivity index (χ3n) is 7.29. The van der Waals surface area contributed by atoms with Gasteiger partial charge in [-0.15, -0.1) is 0 Å². The molecule has 42 heavy (non-hydrogen) atoms. The number of carbonyl (C=O) groups is 1. The van der Waals surface area contributed by atoms with E-state index in [0.29, 0.717) is 11.5 Å². The third kappa shape index (κ3) is 6.86. The molecular weight excluding hydrogens is 580 g/mol. The number of aromatic nitrogens is 2. The number of halogens is 3. The van der Waals surface area contributed by atoms with Crippen molar-refractivity contribution in [2.75, 3.05) is 57.2 Å². The van der Waals surface area contributed by atoms with Gasteiger partial charge in [0, 0.05) is 68.0 Å². The lowest BCUT2D eigenvalue weighted by Gasteiger charge is -2.36. The Morgan fingerprint density at radius 1 is 1.10 bits per heavy atom. The molecule has 3 aromatic rings. The van der Waals surface area contributed by atoms with Gasteiger partial charge in [-0.2, -0.15) is 0 Å². The molecule has 1 aliphatic heterocycles. The Morgan fingerprint density at radius 3 is 2.26 bits per heavy atom. The Morgan fingerprint density at radius 2 is 1.71 bits per heavy atom. The Kier molecular flexibility index (Phi) is 10.4. The molecule has 4 rings (SSSR count). The molecule has 11 heteroatoms. The van der Waals surface area contributed by atoms with E-state index in [1.54, 1.807) is 0 Å². The van der Waals surface area contributed by atoms with Crippen LogP contribution in [0.1, 0.15) is 29.2 Å². The van der Waals surface area contributed by atoms with E-state index in [9.17, 15) is 4.79 Å². The van der Waals surface area contributed by atoms with Crippen molar-refractivity contribution in [3.05, 3.63) is 75.5 Å². The summed E-state index contributed by atoms with van der Waals surface area (Å²) in [6.45, 7) is 12.6. The van der Waals surface area contributed by atoms with Gasteiger partial charge in [0.1, 0.15) is 17.3 Å². The van der Waals surface area contributed by atoms with Gasteiger partial charge in [0.25, 0.3) is 0 Å². The first kappa shape index (κ1) is 31.3. The van der Waals surface area contributed by atoms with E-state index in [-0.39, 0.29) is 39.3 Å². The van der Waals surface area contributed by atoms with E-state index in [2.05, 4.69) is 44.7 Å². The number of rotatable bonds is 11. The Hall–Kier alpha value is -3.66. The van der Waals surface area contributed by atoms with Crippen molar-refractivity contribution in [1.82, 2.24) is 14.9 Å². The largest absolute Gasteiger partial charge is 0.495 e. The lowest BCUT2D eigenvalue weighted by molar-refractivity contribution is -0.114. The molecular formula is C31H34Cl2FN5O3. The number of carbonyl (C=O) groups excluding carboxylic acids is 1. The smallest absolute Gasteiger partial charge is 0.227 e. The number of anilines is 3. The van der Waals surface area contributed by atoms with Crippen molar-refractivity contribution in [3.8, 4) is 11.5 Å². The number of likely N-dealkylation sites (N-methyl/N-ethyl adjacent to an activating group) is 1. The van der Waals surface area contributed by atoms with E-state index >= 15 is 4.39 Å². The van der Waals surface area contributed by atoms with E-state index in [0.717, 1.165) is 55.2 Å². The normalized spacial score (nSPS) is 14.1. The first-order valence-electron chi connectivity index (χ1n) is 13.5. The highest BCUT2D eigenvalue weighted by atomic mass is 35.5. The molecule has 8 nitrogen and oxygen atoms in total. The summed E-state index contributed by atoms with van der Waals surface area (Å²) in [5.74, 6) is -0.0469. The van der Waals surface area contributed by atoms with Crippen LogP contribution in [0.4, 0.5) is 21.7 Å². The molecule has 0 amide bonds. The van der Waals surface area contributed by atoms with Crippen LogP contribution in [0.2, 0.25) is 10.0 Å². The molecule has 1 N–H and O–H groups in total. The van der Waals surface area contributed by atoms with E-state index in [4.69, 9.17) is 32.7 Å². The zero-order valence-corrected chi connectivity index (χ0v) is 25.7. The van der Waals surface area contributed by atoms with Crippen LogP contribution in [0.15, 0.2) is 43.2 Å². The molecule has 1 fully saturated rings. The van der Waals surface area contributed by atoms with Gasteiger partial charge in [0.05, 0.1) is 29.8 Å². The number of allylic oxidation sites excluding steroid dienone is 1. The summed E-state index contributed by atoms with van der Waals surface area (Å²) in [6.07, 6.45) is 5.69. The lowest BCUT2D eigenvalue weighted by Crippen LogP contribution is -2.46. The van der Waals surface area contributed by atoms with Crippen molar-refractivity contribution in [3.63, 3.8) is 0 Å². The highest BCUT2D eigenvalue weighted by Gasteiger charge is 2.22. The summed E-state index contributed by atoms with van der Waals surface area (Å²) in [5.41, 5.74) is 3.98. The minimum atomic E-state index is -0.705. The van der Waals surface area contributed by atoms with E-state index in [1.807, 2.05) is 13.0 Å². The number of piperazine rings is 1. The molecule has 1 saturated heterocycles. The molecule has 222 valence electrons. The Balaban J connectivity index is 1.63. The highest BCUT2D eigenvalue weighted by Crippen LogP contribution is 2.44. The number of nitrogens with zero attached hydrogens (tertiary/aromatic N) is 4. The maximum Gasteiger partial charge on any atom is 0.227 e. The number of hydrogen-bond donors (Lipinski definition) is 1. The summed E-state index contributed by atoms with van der Waals surface area (Å²) in [5, 5.41) is 3.33. The van der Waals surface area contributed by atoms with Crippen molar-refractivity contribution in [2.45, 2.75) is 20.3 Å². The van der Waals surface area contributed by atoms with Gasteiger partial charge in [-0.05, 0) is 42.8 Å². The monoisotopic (exact) mass is 613 g/mol. The highest BCUT2D eigenvalue weighted by molar-refractivity contribution is 6.39. The average Bonchev–Trinajstić information content (AvgIpc) is 3.00. The van der Waals surface area contributed by atoms with Gasteiger partial charge in [-0.3, -0.25) is 4.79 Å². The van der Waals surface area contributed by atoms with Crippen molar-refractivity contribution in [1.29, 1.82) is 0 Å². The molecule has 0 radical (unpaired) electrons. The van der Waals surface area contributed by atoms with Gasteiger partial charge in [0.15, 0.2) is 5.78 Å². The van der Waals surface area contributed by atoms with Crippen LogP contribution in [0.3, 0.4) is 0 Å². The number of methoxy groups -OCH3 is 2. The van der Waals surface area contributed by atoms with E-state index < -0.39 is 5.83 Å². The predicted octanol–water partition coefficient (Wildman–Crippen LogP) is 6.76. The van der Waals surface area contributed by atoms with Gasteiger partial charge in [-0.25, -0.2) is 14.4 Å². The van der Waals surface area contributed by atoms with Crippen molar-refractivity contribution >= 4 is 58.2 Å². The fraction of sp³-hybridized carbons (Fsp3) is 0.323. The maximum atomic E-state index is 15.4. The van der Waals surface area contributed by atoms with Crippen LogP contribution in [-0.4, -0.2) is 67.6 Å². The zero-order chi connectivity index (χ0) is 30.4. The zero-order valence-electron chi connectivity index (χ0n) is 24.1. The van der Waals surface area contributed by atoms with Gasteiger partial charge >= 0.3 is 0 Å². The summed E-state index contributed by atoms with van der Waals surface area (Å²) in [7, 11) is 2.84. The number of benzene rings is 2. The number of nitrogens with one attached hydrogen (secondary N) is 1. The quantitative estimate of drug-likeness (QED) is 0.238. The molecule has 0 spiro atoms. The molecule has 1 aromatic heterocycles. The van der Waals surface area contributed by atoms with Gasteiger partial charge < -0.3 is 24.6 Å². The van der Waals surface area contributed by atoms with Crippen LogP contribution in [0.5, 0.6) is 11.5 Å². The molecule has 0 atom stereocenters. The molecule has 1 aliphatic rings. The second-order valence-electron chi connectivity index (χ2n) is 9.75. The first-order valence-corrected chi connectivity index (χ1v) is 14.3. The minimum absolute atomic E-state index is 0.0179. The van der Waals surface area contributed by atoms with Gasteiger partial charge in [-0.1, -0.05) is 42.8 Å². The second kappa shape index (κ2) is 14.0. The Bertz CT molecular complexity index is 1460. The number of ketones is 1. The van der Waals surface area contributed by atoms with Crippen LogP contribution >= 0.6 is 23.2 Å². The minimum Gasteiger partial charge on any atom is -0.495 e. The summed E-state index contributed by atoms with van der Waals surface area (Å²) < 4.78 is 25.9. The molecule has 0 unspecified atom stereocenters. The van der Waals surface area contributed by atoms with Crippen LogP contribution < -0.4 is 19.7 Å². The predicted molar refractivity (Wildman–Crippen MR) is 168 cm³/mol. The number of hydrogen-bond acceptors (Lipinski definition) is 8. The van der Waals surface area contributed by atoms with Crippen molar-refractivity contribution < 1.29 is 18.7 Å². The first-order chi connectivity index (χ1) is 20.2. The third-order valence-corrected chi connectivity index (χ3v) is 8.04. The average molecular weight is 615 g/mol. The fourth-order valence-corrected chi connectivity index (χ4v) is 5.57. The molecule has 2 heterocycles. The summed E-state index contributed by atoms with van der Waals surface area (Å²) >= 11 is 12.7.